The Morgan fingerprint density at radius 1 is 1.38 bits per heavy atom. The second kappa shape index (κ2) is 7.07. The Kier molecular flexibility index (Phi) is 4.88. The number of rotatable bonds is 4. The van der Waals surface area contributed by atoms with Gasteiger partial charge >= 0.3 is 6.03 Å². The van der Waals surface area contributed by atoms with Gasteiger partial charge in [0.25, 0.3) is 0 Å². The van der Waals surface area contributed by atoms with Gasteiger partial charge in [0.2, 0.25) is 0 Å². The Morgan fingerprint density at radius 3 is 2.83 bits per heavy atom. The zero-order valence-electron chi connectivity index (χ0n) is 14.7. The third-order valence-corrected chi connectivity index (χ3v) is 4.88. The van der Waals surface area contributed by atoms with E-state index in [2.05, 4.69) is 36.3 Å². The molecule has 1 saturated carbocycles. The van der Waals surface area contributed by atoms with Gasteiger partial charge in [-0.25, -0.2) is 9.78 Å². The maximum absolute atomic E-state index is 12.6. The summed E-state index contributed by atoms with van der Waals surface area (Å²) in [5, 5.41) is 3.36. The van der Waals surface area contributed by atoms with Crippen LogP contribution in [0.4, 0.5) is 10.5 Å². The number of carbonyl (C=O) groups excluding carboxylic acids is 1. The van der Waals surface area contributed by atoms with Gasteiger partial charge in [-0.05, 0) is 38.3 Å². The summed E-state index contributed by atoms with van der Waals surface area (Å²) in [6.07, 6.45) is 8.09. The fraction of sp³-hybridized carbons (Fsp3) is 0.474. The van der Waals surface area contributed by atoms with Gasteiger partial charge in [0.1, 0.15) is 6.33 Å². The molecule has 1 heterocycles. The van der Waals surface area contributed by atoms with Crippen molar-refractivity contribution in [2.45, 2.75) is 45.6 Å². The van der Waals surface area contributed by atoms with E-state index in [0.29, 0.717) is 6.04 Å². The molecule has 0 unspecified atom stereocenters. The summed E-state index contributed by atoms with van der Waals surface area (Å²) in [6, 6.07) is 6.59. The zero-order valence-corrected chi connectivity index (χ0v) is 14.7. The molecule has 0 radical (unpaired) electrons. The van der Waals surface area contributed by atoms with Gasteiger partial charge in [-0.1, -0.05) is 25.0 Å². The first-order chi connectivity index (χ1) is 11.6. The molecule has 1 N–H and O–H groups in total. The Hall–Kier alpha value is -2.30. The topological polar surface area (TPSA) is 50.2 Å². The lowest BCUT2D eigenvalue weighted by molar-refractivity contribution is 0.192. The fourth-order valence-electron chi connectivity index (χ4n) is 3.37. The van der Waals surface area contributed by atoms with E-state index in [9.17, 15) is 4.79 Å². The van der Waals surface area contributed by atoms with E-state index in [1.165, 1.54) is 18.4 Å². The molecule has 1 aromatic heterocycles. The van der Waals surface area contributed by atoms with Gasteiger partial charge in [-0.2, -0.15) is 0 Å². The summed E-state index contributed by atoms with van der Waals surface area (Å²) in [5.41, 5.74) is 4.16. The predicted octanol–water partition coefficient (Wildman–Crippen LogP) is 4.13. The average Bonchev–Trinajstić information content (AvgIpc) is 3.27. The molecule has 5 heteroatoms. The van der Waals surface area contributed by atoms with Crippen LogP contribution in [0.2, 0.25) is 0 Å². The number of aromatic nitrogens is 2. The van der Waals surface area contributed by atoms with Crippen LogP contribution in [-0.2, 0) is 0 Å². The summed E-state index contributed by atoms with van der Waals surface area (Å²) in [5.74, 6) is 0. The second-order valence-corrected chi connectivity index (χ2v) is 6.56. The highest BCUT2D eigenvalue weighted by molar-refractivity contribution is 5.78. The summed E-state index contributed by atoms with van der Waals surface area (Å²) in [6.45, 7) is 5.04. The summed E-state index contributed by atoms with van der Waals surface area (Å²) < 4.78 is 1.60. The standard InChI is InChI=1S/C19H26N4O/c1-4-20-17-11-15(10-9-14(17)2)18-12-23(13-21-18)19(24)22(3)16-7-5-6-8-16/h9-13,16,20H,4-8H2,1-3H3. The molecule has 24 heavy (non-hydrogen) atoms. The van der Waals surface area contributed by atoms with Gasteiger partial charge in [-0.15, -0.1) is 0 Å². The Labute approximate surface area is 143 Å². The average molecular weight is 326 g/mol. The van der Waals surface area contributed by atoms with Crippen molar-refractivity contribution < 1.29 is 4.79 Å². The Bertz CT molecular complexity index is 716. The molecular weight excluding hydrogens is 300 g/mol. The minimum atomic E-state index is -0.000307. The van der Waals surface area contributed by atoms with Gasteiger partial charge in [0.05, 0.1) is 5.69 Å². The number of amides is 1. The number of benzene rings is 1. The maximum Gasteiger partial charge on any atom is 0.329 e. The van der Waals surface area contributed by atoms with Crippen LogP contribution in [0, 0.1) is 6.92 Å². The molecule has 1 aliphatic rings. The Morgan fingerprint density at radius 2 is 2.12 bits per heavy atom. The molecule has 128 valence electrons. The van der Waals surface area contributed by atoms with Crippen molar-refractivity contribution in [2.24, 2.45) is 0 Å². The molecular formula is C19H26N4O. The highest BCUT2D eigenvalue weighted by Gasteiger charge is 2.24. The summed E-state index contributed by atoms with van der Waals surface area (Å²) in [7, 11) is 1.90. The molecule has 0 atom stereocenters. The number of imidazole rings is 1. The minimum Gasteiger partial charge on any atom is -0.385 e. The smallest absolute Gasteiger partial charge is 0.329 e. The minimum absolute atomic E-state index is 0.000307. The van der Waals surface area contributed by atoms with Crippen molar-refractivity contribution in [2.75, 3.05) is 18.9 Å². The number of anilines is 1. The van der Waals surface area contributed by atoms with Crippen molar-refractivity contribution in [1.29, 1.82) is 0 Å². The van der Waals surface area contributed by atoms with Crippen LogP contribution in [-0.4, -0.2) is 40.1 Å². The SMILES string of the molecule is CCNc1cc(-c2cn(C(=O)N(C)C3CCCC3)cn2)ccc1C. The number of nitrogens with zero attached hydrogens (tertiary/aromatic N) is 3. The molecule has 0 bridgehead atoms. The van der Waals surface area contributed by atoms with Gasteiger partial charge in [0.15, 0.2) is 0 Å². The van der Waals surface area contributed by atoms with Gasteiger partial charge in [-0.3, -0.25) is 4.57 Å². The lowest BCUT2D eigenvalue weighted by atomic mass is 10.1. The highest BCUT2D eigenvalue weighted by Crippen LogP contribution is 2.25. The lowest BCUT2D eigenvalue weighted by Crippen LogP contribution is -2.37. The van der Waals surface area contributed by atoms with E-state index in [4.69, 9.17) is 0 Å². The second-order valence-electron chi connectivity index (χ2n) is 6.56. The molecule has 1 fully saturated rings. The predicted molar refractivity (Wildman–Crippen MR) is 97.4 cm³/mol. The number of hydrogen-bond donors (Lipinski definition) is 1. The van der Waals surface area contributed by atoms with Crippen LogP contribution in [0.5, 0.6) is 0 Å². The number of nitrogens with one attached hydrogen (secondary N) is 1. The quantitative estimate of drug-likeness (QED) is 0.919. The number of aryl methyl sites for hydroxylation is 1. The largest absolute Gasteiger partial charge is 0.385 e. The molecule has 0 aliphatic heterocycles. The van der Waals surface area contributed by atoms with E-state index in [0.717, 1.165) is 36.3 Å². The van der Waals surface area contributed by atoms with Crippen molar-refractivity contribution in [3.8, 4) is 11.3 Å². The first-order valence-corrected chi connectivity index (χ1v) is 8.76. The van der Waals surface area contributed by atoms with E-state index in [-0.39, 0.29) is 6.03 Å². The van der Waals surface area contributed by atoms with Crippen LogP contribution in [0.3, 0.4) is 0 Å². The summed E-state index contributed by atoms with van der Waals surface area (Å²) in [4.78, 5) is 18.9. The monoisotopic (exact) mass is 326 g/mol. The van der Waals surface area contributed by atoms with Crippen LogP contribution in [0.25, 0.3) is 11.3 Å². The van der Waals surface area contributed by atoms with Crippen molar-refractivity contribution in [3.63, 3.8) is 0 Å². The first-order valence-electron chi connectivity index (χ1n) is 8.76. The van der Waals surface area contributed by atoms with Gasteiger partial charge in [0, 0.05) is 37.1 Å². The van der Waals surface area contributed by atoms with Crippen LogP contribution < -0.4 is 5.32 Å². The van der Waals surface area contributed by atoms with E-state index in [1.807, 2.05) is 24.2 Å². The third-order valence-electron chi connectivity index (χ3n) is 4.88. The fourth-order valence-corrected chi connectivity index (χ4v) is 3.37. The Balaban J connectivity index is 1.80. The molecule has 1 amide bonds. The van der Waals surface area contributed by atoms with E-state index in [1.54, 1.807) is 10.9 Å². The van der Waals surface area contributed by atoms with Crippen LogP contribution >= 0.6 is 0 Å². The summed E-state index contributed by atoms with van der Waals surface area (Å²) >= 11 is 0. The third kappa shape index (κ3) is 3.30. The first kappa shape index (κ1) is 16.6. The maximum atomic E-state index is 12.6. The molecule has 0 spiro atoms. The van der Waals surface area contributed by atoms with Crippen LogP contribution in [0.1, 0.15) is 38.2 Å². The normalized spacial score (nSPS) is 14.8. The molecule has 2 aromatic rings. The number of carbonyl (C=O) groups is 1. The van der Waals surface area contributed by atoms with Gasteiger partial charge < -0.3 is 10.2 Å². The van der Waals surface area contributed by atoms with E-state index < -0.39 is 0 Å². The number of hydrogen-bond acceptors (Lipinski definition) is 3. The van der Waals surface area contributed by atoms with Crippen LogP contribution in [0.15, 0.2) is 30.7 Å². The highest BCUT2D eigenvalue weighted by atomic mass is 16.2. The zero-order chi connectivity index (χ0) is 17.1. The molecule has 1 aliphatic carbocycles. The van der Waals surface area contributed by atoms with E-state index >= 15 is 0 Å². The van der Waals surface area contributed by atoms with Crippen molar-refractivity contribution in [3.05, 3.63) is 36.3 Å². The van der Waals surface area contributed by atoms with Crippen molar-refractivity contribution >= 4 is 11.7 Å². The lowest BCUT2D eigenvalue weighted by Gasteiger charge is -2.23. The molecule has 5 nitrogen and oxygen atoms in total. The van der Waals surface area contributed by atoms with Crippen molar-refractivity contribution in [1.82, 2.24) is 14.5 Å². The molecule has 3 rings (SSSR count). The molecule has 1 aromatic carbocycles. The molecule has 0 saturated heterocycles.